The van der Waals surface area contributed by atoms with E-state index in [0.29, 0.717) is 11.8 Å². The van der Waals surface area contributed by atoms with Crippen LogP contribution in [0.4, 0.5) is 4.39 Å². The van der Waals surface area contributed by atoms with Crippen LogP contribution >= 0.6 is 11.3 Å². The van der Waals surface area contributed by atoms with E-state index in [1.807, 2.05) is 22.5 Å². The number of likely N-dealkylation sites (tertiary alicyclic amines) is 2. The van der Waals surface area contributed by atoms with Gasteiger partial charge in [0.2, 0.25) is 5.91 Å². The van der Waals surface area contributed by atoms with Crippen LogP contribution in [0.2, 0.25) is 0 Å². The highest BCUT2D eigenvalue weighted by molar-refractivity contribution is 7.09. The standard InChI is InChI=1S/C18H20FN3OS/c1-12(23)22-9-14-8-21(11-17-20-5-6-24-17)10-16(14)18(22)13-3-2-4-15(19)7-13/h2-7,14,16,18H,8-11H2,1H3/t14-,16-,18+/m1/s1. The third-order valence-electron chi connectivity index (χ3n) is 5.18. The summed E-state index contributed by atoms with van der Waals surface area (Å²) in [6, 6.07) is 6.68. The number of amides is 1. The van der Waals surface area contributed by atoms with E-state index in [4.69, 9.17) is 0 Å². The SMILES string of the molecule is CC(=O)N1C[C@H]2CN(Cc3nccs3)C[C@H]2[C@@H]1c1cccc(F)c1. The Morgan fingerprint density at radius 2 is 2.25 bits per heavy atom. The van der Waals surface area contributed by atoms with Crippen LogP contribution in [-0.2, 0) is 11.3 Å². The molecule has 0 aliphatic carbocycles. The Morgan fingerprint density at radius 3 is 2.96 bits per heavy atom. The van der Waals surface area contributed by atoms with Crippen molar-refractivity contribution < 1.29 is 9.18 Å². The fraction of sp³-hybridized carbons (Fsp3) is 0.444. The molecule has 0 N–H and O–H groups in total. The van der Waals surface area contributed by atoms with Crippen molar-refractivity contribution in [3.8, 4) is 0 Å². The number of carbonyl (C=O) groups excluding carboxylic acids is 1. The Hall–Kier alpha value is -1.79. The number of rotatable bonds is 3. The molecule has 2 aliphatic rings. The van der Waals surface area contributed by atoms with Crippen LogP contribution in [0.3, 0.4) is 0 Å². The highest BCUT2D eigenvalue weighted by Crippen LogP contribution is 2.45. The van der Waals surface area contributed by atoms with Gasteiger partial charge in [-0.05, 0) is 23.6 Å². The van der Waals surface area contributed by atoms with Crippen molar-refractivity contribution in [3.05, 3.63) is 52.2 Å². The minimum atomic E-state index is -0.239. The summed E-state index contributed by atoms with van der Waals surface area (Å²) >= 11 is 1.68. The second kappa shape index (κ2) is 6.26. The first kappa shape index (κ1) is 15.7. The highest BCUT2D eigenvalue weighted by Gasteiger charge is 2.48. The topological polar surface area (TPSA) is 36.4 Å². The number of hydrogen-bond donors (Lipinski definition) is 0. The van der Waals surface area contributed by atoms with Gasteiger partial charge in [0.25, 0.3) is 0 Å². The first-order chi connectivity index (χ1) is 11.6. The van der Waals surface area contributed by atoms with Gasteiger partial charge in [-0.3, -0.25) is 9.69 Å². The molecule has 2 fully saturated rings. The zero-order valence-corrected chi connectivity index (χ0v) is 14.4. The first-order valence-electron chi connectivity index (χ1n) is 8.25. The predicted octanol–water partition coefficient (Wildman–Crippen LogP) is 2.93. The van der Waals surface area contributed by atoms with Crippen LogP contribution in [0.5, 0.6) is 0 Å². The second-order valence-electron chi connectivity index (χ2n) is 6.72. The van der Waals surface area contributed by atoms with Gasteiger partial charge < -0.3 is 4.90 Å². The number of thiazole rings is 1. The first-order valence-corrected chi connectivity index (χ1v) is 9.13. The molecule has 126 valence electrons. The van der Waals surface area contributed by atoms with E-state index in [0.717, 1.165) is 36.8 Å². The van der Waals surface area contributed by atoms with Gasteiger partial charge in [0.05, 0.1) is 12.6 Å². The number of fused-ring (bicyclic) bond motifs is 1. The fourth-order valence-electron chi connectivity index (χ4n) is 4.23. The average molecular weight is 345 g/mol. The van der Waals surface area contributed by atoms with Gasteiger partial charge in [0.1, 0.15) is 10.8 Å². The lowest BCUT2D eigenvalue weighted by molar-refractivity contribution is -0.130. The maximum atomic E-state index is 13.7. The minimum absolute atomic E-state index is 0.0236. The predicted molar refractivity (Wildman–Crippen MR) is 90.9 cm³/mol. The second-order valence-corrected chi connectivity index (χ2v) is 7.69. The zero-order valence-electron chi connectivity index (χ0n) is 13.6. The lowest BCUT2D eigenvalue weighted by atomic mass is 9.89. The van der Waals surface area contributed by atoms with Crippen molar-refractivity contribution in [1.82, 2.24) is 14.8 Å². The number of benzene rings is 1. The Labute approximate surface area is 144 Å². The molecule has 2 aromatic rings. The molecule has 0 spiro atoms. The summed E-state index contributed by atoms with van der Waals surface area (Å²) in [6.45, 7) is 5.13. The molecule has 3 heterocycles. The maximum absolute atomic E-state index is 13.7. The van der Waals surface area contributed by atoms with Crippen LogP contribution in [-0.4, -0.2) is 40.3 Å². The van der Waals surface area contributed by atoms with Crippen molar-refractivity contribution in [3.63, 3.8) is 0 Å². The summed E-state index contributed by atoms with van der Waals surface area (Å²) in [5.41, 5.74) is 0.911. The lowest BCUT2D eigenvalue weighted by Gasteiger charge is -2.29. The largest absolute Gasteiger partial charge is 0.335 e. The maximum Gasteiger partial charge on any atom is 0.219 e. The van der Waals surface area contributed by atoms with Gasteiger partial charge in [-0.1, -0.05) is 12.1 Å². The van der Waals surface area contributed by atoms with Gasteiger partial charge in [-0.25, -0.2) is 9.37 Å². The van der Waals surface area contributed by atoms with Gasteiger partial charge in [-0.2, -0.15) is 0 Å². The molecule has 4 rings (SSSR count). The van der Waals surface area contributed by atoms with Gasteiger partial charge in [-0.15, -0.1) is 11.3 Å². The molecular formula is C18H20FN3OS. The summed E-state index contributed by atoms with van der Waals surface area (Å²) in [6.07, 6.45) is 1.84. The van der Waals surface area contributed by atoms with Crippen molar-refractivity contribution in [2.24, 2.45) is 11.8 Å². The number of aromatic nitrogens is 1. The van der Waals surface area contributed by atoms with Crippen molar-refractivity contribution in [1.29, 1.82) is 0 Å². The Bertz CT molecular complexity index is 736. The fourth-order valence-corrected chi connectivity index (χ4v) is 4.89. The van der Waals surface area contributed by atoms with E-state index in [-0.39, 0.29) is 17.8 Å². The molecule has 1 aromatic carbocycles. The van der Waals surface area contributed by atoms with Gasteiger partial charge in [0.15, 0.2) is 0 Å². The molecule has 0 saturated carbocycles. The summed E-state index contributed by atoms with van der Waals surface area (Å²) < 4.78 is 13.7. The monoisotopic (exact) mass is 345 g/mol. The molecule has 1 amide bonds. The third kappa shape index (κ3) is 2.84. The number of nitrogens with zero attached hydrogens (tertiary/aromatic N) is 3. The van der Waals surface area contributed by atoms with Crippen LogP contribution in [0.15, 0.2) is 35.8 Å². The smallest absolute Gasteiger partial charge is 0.219 e. The van der Waals surface area contributed by atoms with Crippen LogP contribution in [0.25, 0.3) is 0 Å². The lowest BCUT2D eigenvalue weighted by Crippen LogP contribution is -2.34. The van der Waals surface area contributed by atoms with Crippen molar-refractivity contribution >= 4 is 17.2 Å². The summed E-state index contributed by atoms with van der Waals surface area (Å²) in [7, 11) is 0. The van der Waals surface area contributed by atoms with E-state index < -0.39 is 0 Å². The molecule has 0 bridgehead atoms. The summed E-state index contributed by atoms with van der Waals surface area (Å²) in [4.78, 5) is 20.8. The van der Waals surface area contributed by atoms with E-state index >= 15 is 0 Å². The molecule has 2 saturated heterocycles. The number of carbonyl (C=O) groups is 1. The normalized spacial score (nSPS) is 26.8. The number of hydrogen-bond acceptors (Lipinski definition) is 4. The average Bonchev–Trinajstić information content (AvgIpc) is 3.23. The van der Waals surface area contributed by atoms with E-state index in [1.54, 1.807) is 30.4 Å². The zero-order chi connectivity index (χ0) is 16.7. The van der Waals surface area contributed by atoms with Gasteiger partial charge >= 0.3 is 0 Å². The molecule has 1 aromatic heterocycles. The molecule has 0 radical (unpaired) electrons. The number of halogens is 1. The molecule has 6 heteroatoms. The van der Waals surface area contributed by atoms with Crippen molar-refractivity contribution in [2.45, 2.75) is 19.5 Å². The Morgan fingerprint density at radius 1 is 1.38 bits per heavy atom. The molecule has 3 atom stereocenters. The van der Waals surface area contributed by atoms with E-state index in [9.17, 15) is 9.18 Å². The van der Waals surface area contributed by atoms with Crippen molar-refractivity contribution in [2.75, 3.05) is 19.6 Å². The molecule has 24 heavy (non-hydrogen) atoms. The Kier molecular flexibility index (Phi) is 4.10. The summed E-state index contributed by atoms with van der Waals surface area (Å²) in [5, 5.41) is 3.12. The highest BCUT2D eigenvalue weighted by atomic mass is 32.1. The third-order valence-corrected chi connectivity index (χ3v) is 5.94. The molecule has 2 aliphatic heterocycles. The summed E-state index contributed by atoms with van der Waals surface area (Å²) in [5.74, 6) is 0.639. The molecular weight excluding hydrogens is 325 g/mol. The molecule has 0 unspecified atom stereocenters. The van der Waals surface area contributed by atoms with E-state index in [2.05, 4.69) is 9.88 Å². The quantitative estimate of drug-likeness (QED) is 0.858. The minimum Gasteiger partial charge on any atom is -0.335 e. The van der Waals surface area contributed by atoms with E-state index in [1.165, 1.54) is 6.07 Å². The van der Waals surface area contributed by atoms with Crippen LogP contribution in [0, 0.1) is 17.7 Å². The van der Waals surface area contributed by atoms with Crippen LogP contribution in [0.1, 0.15) is 23.5 Å². The van der Waals surface area contributed by atoms with Gasteiger partial charge in [0, 0.05) is 44.1 Å². The van der Waals surface area contributed by atoms with Crippen LogP contribution < -0.4 is 0 Å². The molecule has 4 nitrogen and oxygen atoms in total. The Balaban J connectivity index is 1.57.